The number of carbonyl (C=O) groups is 1. The first-order valence-electron chi connectivity index (χ1n) is 9.79. The second kappa shape index (κ2) is 5.30. The summed E-state index contributed by atoms with van der Waals surface area (Å²) >= 11 is 0. The molecule has 2 aromatic carbocycles. The van der Waals surface area contributed by atoms with Crippen LogP contribution < -0.4 is 0 Å². The molecule has 1 nitrogen and oxygen atoms in total. The number of hydrogen-bond donors (Lipinski definition) is 0. The molecule has 0 aliphatic heterocycles. The lowest BCUT2D eigenvalue weighted by molar-refractivity contribution is -0.130. The van der Waals surface area contributed by atoms with Crippen molar-refractivity contribution in [2.75, 3.05) is 0 Å². The number of allylic oxidation sites excluding steroid dienone is 2. The van der Waals surface area contributed by atoms with Crippen molar-refractivity contribution >= 4 is 16.6 Å². The summed E-state index contributed by atoms with van der Waals surface area (Å²) in [7, 11) is 0. The van der Waals surface area contributed by atoms with E-state index < -0.39 is 0 Å². The van der Waals surface area contributed by atoms with Gasteiger partial charge in [-0.2, -0.15) is 0 Å². The molecule has 3 aliphatic carbocycles. The highest BCUT2D eigenvalue weighted by molar-refractivity contribution is 5.93. The SMILES string of the molecule is CC(C)Cc1ccc2cc3c(cc2c1)CC(=O)C1(C3)CC2C=CC1C2. The molecule has 3 aliphatic rings. The Morgan fingerprint density at radius 3 is 2.64 bits per heavy atom. The lowest BCUT2D eigenvalue weighted by Crippen LogP contribution is -2.41. The molecule has 1 fully saturated rings. The highest BCUT2D eigenvalue weighted by Crippen LogP contribution is 2.56. The fourth-order valence-corrected chi connectivity index (χ4v) is 5.64. The molecular weight excluding hydrogens is 304 g/mol. The zero-order valence-corrected chi connectivity index (χ0v) is 15.2. The predicted octanol–water partition coefficient (Wildman–Crippen LogP) is 5.29. The molecule has 2 bridgehead atoms. The van der Waals surface area contributed by atoms with Crippen molar-refractivity contribution in [3.8, 4) is 0 Å². The first-order valence-corrected chi connectivity index (χ1v) is 9.79. The number of fused-ring (bicyclic) bond motifs is 5. The zero-order chi connectivity index (χ0) is 17.2. The van der Waals surface area contributed by atoms with Gasteiger partial charge in [0.15, 0.2) is 0 Å². The van der Waals surface area contributed by atoms with Crippen molar-refractivity contribution in [1.82, 2.24) is 0 Å². The fraction of sp³-hybridized carbons (Fsp3) is 0.458. The van der Waals surface area contributed by atoms with Crippen molar-refractivity contribution in [2.24, 2.45) is 23.2 Å². The predicted molar refractivity (Wildman–Crippen MR) is 103 cm³/mol. The van der Waals surface area contributed by atoms with Crippen molar-refractivity contribution < 1.29 is 4.79 Å². The Morgan fingerprint density at radius 1 is 1.08 bits per heavy atom. The van der Waals surface area contributed by atoms with Crippen molar-refractivity contribution in [3.63, 3.8) is 0 Å². The van der Waals surface area contributed by atoms with Crippen molar-refractivity contribution in [3.05, 3.63) is 59.2 Å². The van der Waals surface area contributed by atoms with Gasteiger partial charge in [-0.3, -0.25) is 4.79 Å². The average Bonchev–Trinajstić information content (AvgIpc) is 3.15. The van der Waals surface area contributed by atoms with Gasteiger partial charge < -0.3 is 0 Å². The summed E-state index contributed by atoms with van der Waals surface area (Å²) in [4.78, 5) is 13.1. The summed E-state index contributed by atoms with van der Waals surface area (Å²) in [5.74, 6) is 2.30. The van der Waals surface area contributed by atoms with Gasteiger partial charge in [-0.15, -0.1) is 0 Å². The molecule has 1 saturated carbocycles. The number of rotatable bonds is 2. The molecule has 0 N–H and O–H groups in total. The number of hydrogen-bond acceptors (Lipinski definition) is 1. The van der Waals surface area contributed by atoms with E-state index in [0.717, 1.165) is 19.3 Å². The van der Waals surface area contributed by atoms with E-state index in [1.165, 1.54) is 33.9 Å². The van der Waals surface area contributed by atoms with E-state index in [1.807, 2.05) is 0 Å². The lowest BCUT2D eigenvalue weighted by Gasteiger charge is -2.38. The van der Waals surface area contributed by atoms with Gasteiger partial charge in [-0.25, -0.2) is 0 Å². The molecule has 0 radical (unpaired) electrons. The van der Waals surface area contributed by atoms with Gasteiger partial charge in [-0.05, 0) is 70.9 Å². The van der Waals surface area contributed by atoms with Gasteiger partial charge in [0.1, 0.15) is 5.78 Å². The van der Waals surface area contributed by atoms with Crippen LogP contribution in [0.15, 0.2) is 42.5 Å². The summed E-state index contributed by atoms with van der Waals surface area (Å²) in [6.07, 6.45) is 9.66. The van der Waals surface area contributed by atoms with E-state index in [4.69, 9.17) is 0 Å². The molecule has 1 spiro atoms. The Bertz CT molecular complexity index is 904. The molecule has 128 valence electrons. The molecule has 5 rings (SSSR count). The molecule has 0 heterocycles. The summed E-state index contributed by atoms with van der Waals surface area (Å²) in [5, 5.41) is 2.63. The Morgan fingerprint density at radius 2 is 1.92 bits per heavy atom. The summed E-state index contributed by atoms with van der Waals surface area (Å²) in [6.45, 7) is 4.53. The molecule has 3 unspecified atom stereocenters. The van der Waals surface area contributed by atoms with Crippen LogP contribution in [0.25, 0.3) is 10.8 Å². The van der Waals surface area contributed by atoms with Gasteiger partial charge in [0.2, 0.25) is 0 Å². The number of ketones is 1. The minimum Gasteiger partial charge on any atom is -0.299 e. The highest BCUT2D eigenvalue weighted by Gasteiger charge is 2.54. The lowest BCUT2D eigenvalue weighted by atomic mass is 9.63. The normalized spacial score (nSPS) is 30.0. The zero-order valence-electron chi connectivity index (χ0n) is 15.2. The number of Topliss-reactive ketones (excluding diaryl/α,β-unsaturated/α-hetero) is 1. The summed E-state index contributed by atoms with van der Waals surface area (Å²) in [5.41, 5.74) is 4.01. The van der Waals surface area contributed by atoms with E-state index in [0.29, 0.717) is 30.0 Å². The van der Waals surface area contributed by atoms with E-state index in [-0.39, 0.29) is 5.41 Å². The Kier molecular flexibility index (Phi) is 3.26. The Labute approximate surface area is 150 Å². The molecule has 0 saturated heterocycles. The van der Waals surface area contributed by atoms with E-state index in [1.54, 1.807) is 0 Å². The molecule has 2 aromatic rings. The van der Waals surface area contributed by atoms with Crippen LogP contribution in [0.1, 0.15) is 43.4 Å². The fourth-order valence-electron chi connectivity index (χ4n) is 5.64. The largest absolute Gasteiger partial charge is 0.299 e. The molecule has 3 atom stereocenters. The second-order valence-corrected chi connectivity index (χ2v) is 9.02. The van der Waals surface area contributed by atoms with Gasteiger partial charge in [-0.1, -0.05) is 56.3 Å². The van der Waals surface area contributed by atoms with Crippen LogP contribution in [0.4, 0.5) is 0 Å². The van der Waals surface area contributed by atoms with Crippen molar-refractivity contribution in [2.45, 2.75) is 46.0 Å². The van der Waals surface area contributed by atoms with Crippen LogP contribution in [0.5, 0.6) is 0 Å². The third kappa shape index (κ3) is 2.32. The molecule has 0 aromatic heterocycles. The van der Waals surface area contributed by atoms with Gasteiger partial charge in [0, 0.05) is 11.8 Å². The first-order chi connectivity index (χ1) is 12.0. The Hall–Kier alpha value is -1.89. The molecule has 1 heteroatoms. The second-order valence-electron chi connectivity index (χ2n) is 9.02. The topological polar surface area (TPSA) is 17.1 Å². The van der Waals surface area contributed by atoms with Crippen LogP contribution in [0.3, 0.4) is 0 Å². The third-order valence-corrected chi connectivity index (χ3v) is 6.79. The van der Waals surface area contributed by atoms with Crippen LogP contribution >= 0.6 is 0 Å². The molecule has 25 heavy (non-hydrogen) atoms. The maximum atomic E-state index is 13.1. The van der Waals surface area contributed by atoms with Gasteiger partial charge in [0.25, 0.3) is 0 Å². The quantitative estimate of drug-likeness (QED) is 0.684. The minimum absolute atomic E-state index is 0.0856. The molecular formula is C24H26O. The van der Waals surface area contributed by atoms with Gasteiger partial charge in [0.05, 0.1) is 0 Å². The smallest absolute Gasteiger partial charge is 0.144 e. The van der Waals surface area contributed by atoms with E-state index in [9.17, 15) is 4.79 Å². The van der Waals surface area contributed by atoms with Crippen LogP contribution in [0.2, 0.25) is 0 Å². The number of benzene rings is 2. The Balaban J connectivity index is 1.55. The molecule has 0 amide bonds. The minimum atomic E-state index is -0.0856. The first kappa shape index (κ1) is 15.4. The average molecular weight is 330 g/mol. The van der Waals surface area contributed by atoms with Crippen LogP contribution in [-0.2, 0) is 24.1 Å². The highest BCUT2D eigenvalue weighted by atomic mass is 16.1. The van der Waals surface area contributed by atoms with E-state index in [2.05, 4.69) is 56.3 Å². The third-order valence-electron chi connectivity index (χ3n) is 6.79. The van der Waals surface area contributed by atoms with Crippen LogP contribution in [0, 0.1) is 23.2 Å². The maximum Gasteiger partial charge on any atom is 0.144 e. The summed E-state index contributed by atoms with van der Waals surface area (Å²) < 4.78 is 0. The van der Waals surface area contributed by atoms with Crippen LogP contribution in [-0.4, -0.2) is 5.78 Å². The summed E-state index contributed by atoms with van der Waals surface area (Å²) in [6, 6.07) is 11.5. The standard InChI is InChI=1S/C24H26O/c1-15(2)7-16-3-5-18-10-21-14-24(13-17-4-6-22(24)9-17)23(25)12-20(21)11-19(18)8-16/h3-6,8,10-11,15,17,22H,7,9,12-14H2,1-2H3. The maximum absolute atomic E-state index is 13.1. The number of carbonyl (C=O) groups excluding carboxylic acids is 1. The van der Waals surface area contributed by atoms with E-state index >= 15 is 0 Å². The van der Waals surface area contributed by atoms with Gasteiger partial charge >= 0.3 is 0 Å². The monoisotopic (exact) mass is 330 g/mol. The van der Waals surface area contributed by atoms with Crippen molar-refractivity contribution in [1.29, 1.82) is 0 Å².